The molecule has 8 heteroatoms. The van der Waals surface area contributed by atoms with Gasteiger partial charge in [-0.25, -0.2) is 0 Å². The fraction of sp³-hybridized carbons (Fsp3) is 0.0857. The molecule has 0 heterocycles. The first-order valence-electron chi connectivity index (χ1n) is 13.7. The van der Waals surface area contributed by atoms with Gasteiger partial charge >= 0.3 is 0 Å². The molecule has 4 amide bonds. The monoisotopic (exact) mass is 570 g/mol. The lowest BCUT2D eigenvalue weighted by Crippen LogP contribution is -2.33. The SMILES string of the molecule is CC1(C(=O)Nc2ccc(NC(=O)c3ccccc3)cc2)C=CC(C(=O)Nc2ccc(NC(=O)c3ccccc3)cc2)=CC1. The molecule has 1 aliphatic carbocycles. The van der Waals surface area contributed by atoms with Crippen molar-refractivity contribution in [1.29, 1.82) is 0 Å². The molecule has 0 saturated heterocycles. The summed E-state index contributed by atoms with van der Waals surface area (Å²) >= 11 is 0. The summed E-state index contributed by atoms with van der Waals surface area (Å²) in [6.07, 6.45) is 5.46. The molecule has 0 radical (unpaired) electrons. The number of benzene rings is 4. The van der Waals surface area contributed by atoms with E-state index in [0.717, 1.165) is 0 Å². The molecule has 4 N–H and O–H groups in total. The Morgan fingerprint density at radius 2 is 0.930 bits per heavy atom. The normalized spacial score (nSPS) is 15.5. The standard InChI is InChI=1S/C35H30N4O4/c1-35(34(43)39-30-18-16-29(17-19-30)37-32(41)25-10-6-3-7-11-25)22-20-26(21-23-35)33(42)38-28-14-12-27(13-15-28)36-31(40)24-8-4-2-5-9-24/h2-22H,23H2,1H3,(H,36,40)(H,37,41)(H,38,42)(H,39,43). The van der Waals surface area contributed by atoms with Crippen LogP contribution in [-0.4, -0.2) is 23.6 Å². The van der Waals surface area contributed by atoms with Gasteiger partial charge in [0.1, 0.15) is 0 Å². The van der Waals surface area contributed by atoms with Crippen LogP contribution in [0.3, 0.4) is 0 Å². The van der Waals surface area contributed by atoms with E-state index in [-0.39, 0.29) is 23.6 Å². The van der Waals surface area contributed by atoms with Gasteiger partial charge in [0, 0.05) is 39.4 Å². The van der Waals surface area contributed by atoms with Crippen LogP contribution < -0.4 is 21.3 Å². The van der Waals surface area contributed by atoms with Gasteiger partial charge in [-0.2, -0.15) is 0 Å². The van der Waals surface area contributed by atoms with Gasteiger partial charge in [0.05, 0.1) is 5.41 Å². The molecule has 214 valence electrons. The smallest absolute Gasteiger partial charge is 0.255 e. The maximum atomic E-state index is 13.1. The first-order chi connectivity index (χ1) is 20.8. The second-order valence-corrected chi connectivity index (χ2v) is 10.3. The Kier molecular flexibility index (Phi) is 8.58. The first kappa shape index (κ1) is 28.8. The Morgan fingerprint density at radius 1 is 0.535 bits per heavy atom. The van der Waals surface area contributed by atoms with E-state index in [1.165, 1.54) is 0 Å². The van der Waals surface area contributed by atoms with Crippen LogP contribution in [0.4, 0.5) is 22.7 Å². The van der Waals surface area contributed by atoms with Gasteiger partial charge in [-0.3, -0.25) is 19.2 Å². The second kappa shape index (κ2) is 12.8. The van der Waals surface area contributed by atoms with Crippen LogP contribution in [0.1, 0.15) is 34.1 Å². The fourth-order valence-electron chi connectivity index (χ4n) is 4.41. The molecule has 8 nitrogen and oxygen atoms in total. The van der Waals surface area contributed by atoms with Crippen molar-refractivity contribution in [2.24, 2.45) is 5.41 Å². The summed E-state index contributed by atoms with van der Waals surface area (Å²) in [5.41, 5.74) is 3.10. The minimum absolute atomic E-state index is 0.214. The van der Waals surface area contributed by atoms with E-state index < -0.39 is 5.41 Å². The number of nitrogens with one attached hydrogen (secondary N) is 4. The number of allylic oxidation sites excluding steroid dienone is 1. The maximum absolute atomic E-state index is 13.1. The average molecular weight is 571 g/mol. The highest BCUT2D eigenvalue weighted by Gasteiger charge is 2.32. The Morgan fingerprint density at radius 3 is 1.33 bits per heavy atom. The lowest BCUT2D eigenvalue weighted by molar-refractivity contribution is -0.122. The van der Waals surface area contributed by atoms with Crippen LogP contribution in [0.25, 0.3) is 0 Å². The Hall–Kier alpha value is -5.76. The third-order valence-electron chi connectivity index (χ3n) is 7.03. The van der Waals surface area contributed by atoms with E-state index in [0.29, 0.717) is 45.9 Å². The first-order valence-corrected chi connectivity index (χ1v) is 13.7. The molecule has 1 aliphatic rings. The second-order valence-electron chi connectivity index (χ2n) is 10.3. The van der Waals surface area contributed by atoms with Crippen LogP contribution in [0, 0.1) is 5.41 Å². The molecule has 1 unspecified atom stereocenters. The molecule has 0 bridgehead atoms. The van der Waals surface area contributed by atoms with Crippen molar-refractivity contribution in [3.63, 3.8) is 0 Å². The van der Waals surface area contributed by atoms with Crippen molar-refractivity contribution < 1.29 is 19.2 Å². The average Bonchev–Trinajstić information content (AvgIpc) is 3.04. The predicted octanol–water partition coefficient (Wildman–Crippen LogP) is 6.66. The van der Waals surface area contributed by atoms with Gasteiger partial charge in [-0.05, 0) is 86.1 Å². The van der Waals surface area contributed by atoms with Crippen molar-refractivity contribution in [3.05, 3.63) is 144 Å². The quantitative estimate of drug-likeness (QED) is 0.190. The molecule has 0 spiro atoms. The lowest BCUT2D eigenvalue weighted by Gasteiger charge is -2.26. The van der Waals surface area contributed by atoms with Gasteiger partial charge in [-0.1, -0.05) is 54.6 Å². The van der Waals surface area contributed by atoms with Crippen molar-refractivity contribution in [1.82, 2.24) is 0 Å². The van der Waals surface area contributed by atoms with Crippen molar-refractivity contribution >= 4 is 46.4 Å². The zero-order valence-corrected chi connectivity index (χ0v) is 23.5. The maximum Gasteiger partial charge on any atom is 0.255 e. The summed E-state index contributed by atoms with van der Waals surface area (Å²) < 4.78 is 0. The molecule has 4 aromatic rings. The number of hydrogen-bond donors (Lipinski definition) is 4. The molecule has 0 aromatic heterocycles. The van der Waals surface area contributed by atoms with Crippen LogP contribution in [0.15, 0.2) is 133 Å². The third kappa shape index (κ3) is 7.31. The largest absolute Gasteiger partial charge is 0.325 e. The number of amides is 4. The fourth-order valence-corrected chi connectivity index (χ4v) is 4.41. The Labute approximate surface area is 249 Å². The summed E-state index contributed by atoms with van der Waals surface area (Å²) in [5, 5.41) is 11.4. The summed E-state index contributed by atoms with van der Waals surface area (Å²) in [4.78, 5) is 50.7. The van der Waals surface area contributed by atoms with E-state index in [4.69, 9.17) is 0 Å². The molecule has 43 heavy (non-hydrogen) atoms. The summed E-state index contributed by atoms with van der Waals surface area (Å²) in [6, 6.07) is 31.6. The molecule has 4 aromatic carbocycles. The highest BCUT2D eigenvalue weighted by atomic mass is 16.2. The molecular weight excluding hydrogens is 540 g/mol. The molecule has 0 aliphatic heterocycles. The molecule has 1 atom stereocenters. The summed E-state index contributed by atoms with van der Waals surface area (Å²) in [5.74, 6) is -0.943. The van der Waals surface area contributed by atoms with E-state index in [1.54, 1.807) is 122 Å². The van der Waals surface area contributed by atoms with Gasteiger partial charge in [-0.15, -0.1) is 0 Å². The number of hydrogen-bond acceptors (Lipinski definition) is 4. The Bertz CT molecular complexity index is 1700. The van der Waals surface area contributed by atoms with Gasteiger partial charge in [0.2, 0.25) is 5.91 Å². The van der Waals surface area contributed by atoms with Crippen LogP contribution in [0.2, 0.25) is 0 Å². The Balaban J connectivity index is 1.12. The summed E-state index contributed by atoms with van der Waals surface area (Å²) in [7, 11) is 0. The topological polar surface area (TPSA) is 116 Å². The third-order valence-corrected chi connectivity index (χ3v) is 7.03. The number of anilines is 4. The predicted molar refractivity (Wildman–Crippen MR) is 169 cm³/mol. The minimum Gasteiger partial charge on any atom is -0.325 e. The van der Waals surface area contributed by atoms with Crippen molar-refractivity contribution in [2.45, 2.75) is 13.3 Å². The highest BCUT2D eigenvalue weighted by molar-refractivity contribution is 6.08. The number of carbonyl (C=O) groups excluding carboxylic acids is 4. The number of carbonyl (C=O) groups is 4. The van der Waals surface area contributed by atoms with E-state index in [9.17, 15) is 19.2 Å². The molecule has 0 saturated carbocycles. The molecule has 5 rings (SSSR count). The van der Waals surface area contributed by atoms with E-state index in [1.807, 2.05) is 12.1 Å². The summed E-state index contributed by atoms with van der Waals surface area (Å²) in [6.45, 7) is 1.81. The van der Waals surface area contributed by atoms with Gasteiger partial charge in [0.15, 0.2) is 0 Å². The van der Waals surface area contributed by atoms with E-state index >= 15 is 0 Å². The van der Waals surface area contributed by atoms with E-state index in [2.05, 4.69) is 21.3 Å². The van der Waals surface area contributed by atoms with Gasteiger partial charge in [0.25, 0.3) is 17.7 Å². The molecular formula is C35H30N4O4. The zero-order valence-electron chi connectivity index (χ0n) is 23.5. The van der Waals surface area contributed by atoms with Crippen LogP contribution in [-0.2, 0) is 9.59 Å². The van der Waals surface area contributed by atoms with Crippen LogP contribution in [0.5, 0.6) is 0 Å². The van der Waals surface area contributed by atoms with Gasteiger partial charge < -0.3 is 21.3 Å². The van der Waals surface area contributed by atoms with Crippen LogP contribution >= 0.6 is 0 Å². The molecule has 0 fully saturated rings. The van der Waals surface area contributed by atoms with Crippen molar-refractivity contribution in [3.8, 4) is 0 Å². The lowest BCUT2D eigenvalue weighted by atomic mass is 9.81. The van der Waals surface area contributed by atoms with Crippen molar-refractivity contribution in [2.75, 3.05) is 21.3 Å². The highest BCUT2D eigenvalue weighted by Crippen LogP contribution is 2.31. The number of rotatable bonds is 8. The zero-order chi connectivity index (χ0) is 30.2. The minimum atomic E-state index is -0.845.